The molecular weight excluding hydrogens is 379 g/mol. The Labute approximate surface area is 170 Å². The Bertz CT molecular complexity index is 946. The predicted molar refractivity (Wildman–Crippen MR) is 113 cm³/mol. The summed E-state index contributed by atoms with van der Waals surface area (Å²) in [4.78, 5) is 0. The molecule has 0 unspecified atom stereocenters. The molecule has 0 aliphatic rings. The van der Waals surface area contributed by atoms with Gasteiger partial charge < -0.3 is 4.42 Å². The molecule has 0 saturated heterocycles. The number of hydrogen-bond donors (Lipinski definition) is 0. The zero-order valence-electron chi connectivity index (χ0n) is 16.5. The minimum atomic E-state index is 0.00905. The lowest BCUT2D eigenvalue weighted by molar-refractivity contribution is 0.564. The van der Waals surface area contributed by atoms with Crippen LogP contribution in [0.15, 0.2) is 40.8 Å². The van der Waals surface area contributed by atoms with E-state index >= 15 is 0 Å². The second-order valence-corrected chi connectivity index (χ2v) is 9.68. The van der Waals surface area contributed by atoms with E-state index in [0.29, 0.717) is 27.4 Å². The topological polar surface area (TPSA) is 38.9 Å². The molecule has 0 radical (unpaired) electrons. The minimum absolute atomic E-state index is 0.00905. The van der Waals surface area contributed by atoms with E-state index in [4.69, 9.17) is 27.6 Å². The van der Waals surface area contributed by atoms with Crippen LogP contribution in [0.25, 0.3) is 22.9 Å². The summed E-state index contributed by atoms with van der Waals surface area (Å²) in [6.45, 7) is 13.2. The molecule has 142 valence electrons. The Morgan fingerprint density at radius 2 is 1.30 bits per heavy atom. The molecular formula is C22H24Cl2N2O. The molecule has 3 nitrogen and oxygen atoms in total. The van der Waals surface area contributed by atoms with Crippen LogP contribution in [0.1, 0.15) is 52.7 Å². The van der Waals surface area contributed by atoms with E-state index in [1.54, 1.807) is 18.2 Å². The van der Waals surface area contributed by atoms with Crippen molar-refractivity contribution in [2.24, 2.45) is 0 Å². The molecule has 0 aliphatic carbocycles. The van der Waals surface area contributed by atoms with Gasteiger partial charge in [-0.25, -0.2) is 0 Å². The van der Waals surface area contributed by atoms with Crippen LogP contribution in [-0.2, 0) is 10.8 Å². The summed E-state index contributed by atoms with van der Waals surface area (Å²) < 4.78 is 5.96. The maximum absolute atomic E-state index is 6.27. The molecule has 0 N–H and O–H groups in total. The van der Waals surface area contributed by atoms with Gasteiger partial charge in [0.25, 0.3) is 0 Å². The molecule has 0 saturated carbocycles. The van der Waals surface area contributed by atoms with Crippen molar-refractivity contribution in [3.63, 3.8) is 0 Å². The van der Waals surface area contributed by atoms with Crippen LogP contribution in [-0.4, -0.2) is 10.2 Å². The first kappa shape index (κ1) is 19.9. The monoisotopic (exact) mass is 402 g/mol. The quantitative estimate of drug-likeness (QED) is 0.450. The summed E-state index contributed by atoms with van der Waals surface area (Å²) in [5.74, 6) is 0.827. The van der Waals surface area contributed by atoms with E-state index in [2.05, 4.69) is 69.9 Å². The third kappa shape index (κ3) is 4.36. The Morgan fingerprint density at radius 1 is 0.741 bits per heavy atom. The van der Waals surface area contributed by atoms with Crippen molar-refractivity contribution in [2.75, 3.05) is 0 Å². The molecule has 5 heteroatoms. The van der Waals surface area contributed by atoms with E-state index in [1.807, 2.05) is 0 Å². The lowest BCUT2D eigenvalue weighted by Crippen LogP contribution is -2.16. The van der Waals surface area contributed by atoms with Gasteiger partial charge in [-0.2, -0.15) is 0 Å². The fourth-order valence-electron chi connectivity index (χ4n) is 2.73. The molecule has 27 heavy (non-hydrogen) atoms. The second-order valence-electron chi connectivity index (χ2n) is 8.84. The van der Waals surface area contributed by atoms with Gasteiger partial charge in [-0.1, -0.05) is 70.8 Å². The fourth-order valence-corrected chi connectivity index (χ4v) is 3.10. The number of aromatic nitrogens is 2. The molecule has 0 atom stereocenters. The van der Waals surface area contributed by atoms with Crippen LogP contribution in [0.2, 0.25) is 10.0 Å². The molecule has 0 amide bonds. The van der Waals surface area contributed by atoms with Crippen molar-refractivity contribution < 1.29 is 4.42 Å². The zero-order valence-corrected chi connectivity index (χ0v) is 18.0. The average molecular weight is 403 g/mol. The number of hydrogen-bond acceptors (Lipinski definition) is 3. The lowest BCUT2D eigenvalue weighted by atomic mass is 9.79. The lowest BCUT2D eigenvalue weighted by Gasteiger charge is -2.25. The molecule has 3 rings (SSSR count). The Morgan fingerprint density at radius 3 is 1.85 bits per heavy atom. The predicted octanol–water partition coefficient (Wildman–Crippen LogP) is 7.31. The van der Waals surface area contributed by atoms with Crippen molar-refractivity contribution in [3.8, 4) is 22.9 Å². The van der Waals surface area contributed by atoms with Gasteiger partial charge in [0.05, 0.1) is 10.6 Å². The highest BCUT2D eigenvalue weighted by atomic mass is 35.5. The Kier molecular flexibility index (Phi) is 5.13. The van der Waals surface area contributed by atoms with Gasteiger partial charge in [0.1, 0.15) is 0 Å². The zero-order chi connectivity index (χ0) is 20.0. The van der Waals surface area contributed by atoms with Crippen molar-refractivity contribution in [1.82, 2.24) is 10.2 Å². The summed E-state index contributed by atoms with van der Waals surface area (Å²) in [5, 5.41) is 9.54. The van der Waals surface area contributed by atoms with Crippen molar-refractivity contribution >= 4 is 23.2 Å². The minimum Gasteiger partial charge on any atom is -0.416 e. The first-order chi connectivity index (χ1) is 12.4. The van der Waals surface area contributed by atoms with Gasteiger partial charge >= 0.3 is 0 Å². The maximum atomic E-state index is 6.27. The largest absolute Gasteiger partial charge is 0.416 e. The first-order valence-electron chi connectivity index (χ1n) is 8.90. The van der Waals surface area contributed by atoms with Gasteiger partial charge in [-0.3, -0.25) is 0 Å². The van der Waals surface area contributed by atoms with Crippen LogP contribution in [0.5, 0.6) is 0 Å². The van der Waals surface area contributed by atoms with E-state index in [9.17, 15) is 0 Å². The van der Waals surface area contributed by atoms with E-state index < -0.39 is 0 Å². The summed E-state index contributed by atoms with van der Waals surface area (Å²) in [6.07, 6.45) is 0. The third-order valence-electron chi connectivity index (χ3n) is 4.50. The summed E-state index contributed by atoms with van der Waals surface area (Å²) in [7, 11) is 0. The molecule has 3 aromatic rings. The smallest absolute Gasteiger partial charge is 0.249 e. The number of benzene rings is 2. The molecule has 0 bridgehead atoms. The molecule has 2 aromatic carbocycles. The normalized spacial score (nSPS) is 12.4. The van der Waals surface area contributed by atoms with Gasteiger partial charge in [-0.15, -0.1) is 10.2 Å². The van der Waals surface area contributed by atoms with Gasteiger partial charge in [0, 0.05) is 10.6 Å². The summed E-state index contributed by atoms with van der Waals surface area (Å²) in [5.41, 5.74) is 4.01. The van der Waals surface area contributed by atoms with Crippen LogP contribution >= 0.6 is 23.2 Å². The Hall–Kier alpha value is -1.84. The second kappa shape index (κ2) is 6.96. The van der Waals surface area contributed by atoms with Gasteiger partial charge in [0.15, 0.2) is 0 Å². The van der Waals surface area contributed by atoms with Crippen LogP contribution in [0, 0.1) is 0 Å². The number of nitrogens with zero attached hydrogens (tertiary/aromatic N) is 2. The van der Waals surface area contributed by atoms with Crippen LogP contribution < -0.4 is 0 Å². The highest BCUT2D eigenvalue weighted by molar-refractivity contribution is 6.35. The SMILES string of the molecule is CC(C)(C)c1cc(-c2nnc(-c3cc(Cl)ccc3Cl)o2)cc(C(C)(C)C)c1. The number of halogens is 2. The van der Waals surface area contributed by atoms with E-state index in [1.165, 1.54) is 11.1 Å². The van der Waals surface area contributed by atoms with Gasteiger partial charge in [0.2, 0.25) is 11.8 Å². The highest BCUT2D eigenvalue weighted by Crippen LogP contribution is 2.35. The molecule has 0 fully saturated rings. The third-order valence-corrected chi connectivity index (χ3v) is 5.06. The highest BCUT2D eigenvalue weighted by Gasteiger charge is 2.23. The van der Waals surface area contributed by atoms with Crippen molar-refractivity contribution in [3.05, 3.63) is 57.6 Å². The molecule has 0 spiro atoms. The van der Waals surface area contributed by atoms with Crippen molar-refractivity contribution in [2.45, 2.75) is 52.4 Å². The standard InChI is InChI=1S/C22H24Cl2N2O/c1-21(2,3)14-9-13(10-15(11-14)22(4,5)6)19-25-26-20(27-19)17-12-16(23)7-8-18(17)24/h7-12H,1-6H3. The Balaban J connectivity index is 2.12. The fraction of sp³-hybridized carbons (Fsp3) is 0.364. The number of rotatable bonds is 2. The van der Waals surface area contributed by atoms with Crippen LogP contribution in [0.3, 0.4) is 0 Å². The first-order valence-corrected chi connectivity index (χ1v) is 9.66. The molecule has 1 heterocycles. The molecule has 0 aliphatic heterocycles. The van der Waals surface area contributed by atoms with E-state index in [0.717, 1.165) is 5.56 Å². The van der Waals surface area contributed by atoms with E-state index in [-0.39, 0.29) is 10.8 Å². The maximum Gasteiger partial charge on any atom is 0.249 e. The van der Waals surface area contributed by atoms with Crippen LogP contribution in [0.4, 0.5) is 0 Å². The average Bonchev–Trinajstić information content (AvgIpc) is 3.05. The molecule has 1 aromatic heterocycles. The summed E-state index contributed by atoms with van der Waals surface area (Å²) >= 11 is 12.4. The van der Waals surface area contributed by atoms with Gasteiger partial charge in [-0.05, 0) is 52.3 Å². The van der Waals surface area contributed by atoms with Crippen molar-refractivity contribution in [1.29, 1.82) is 0 Å². The summed E-state index contributed by atoms with van der Waals surface area (Å²) in [6, 6.07) is 11.7.